The first kappa shape index (κ1) is 30.4. The van der Waals surface area contributed by atoms with Gasteiger partial charge in [0.2, 0.25) is 0 Å². The van der Waals surface area contributed by atoms with E-state index in [2.05, 4.69) is 82.6 Å². The number of aryl methyl sites for hydroxylation is 1. The summed E-state index contributed by atoms with van der Waals surface area (Å²) in [6.07, 6.45) is 4.23. The molecule has 3 aromatic rings. The van der Waals surface area contributed by atoms with Crippen molar-refractivity contribution in [3.8, 4) is 0 Å². The molecule has 0 amide bonds. The van der Waals surface area contributed by atoms with E-state index in [1.54, 1.807) is 0 Å². The van der Waals surface area contributed by atoms with Gasteiger partial charge in [0.05, 0.1) is 41.7 Å². The summed E-state index contributed by atoms with van der Waals surface area (Å²) in [5.74, 6) is 1.31. The molecular formula is C34H45ClN6OS. The predicted octanol–water partition coefficient (Wildman–Crippen LogP) is 6.54. The van der Waals surface area contributed by atoms with Crippen molar-refractivity contribution < 1.29 is 4.74 Å². The number of hydrogen-bond acceptors (Lipinski definition) is 5. The molecule has 3 saturated heterocycles. The number of hydrogen-bond donors (Lipinski definition) is 1. The minimum Gasteiger partial charge on any atom is -0.379 e. The number of morpholine rings is 1. The van der Waals surface area contributed by atoms with Crippen LogP contribution in [0.4, 0.5) is 11.4 Å². The molecule has 43 heavy (non-hydrogen) atoms. The number of halogens is 1. The number of ether oxygens (including phenoxy) is 1. The van der Waals surface area contributed by atoms with Crippen molar-refractivity contribution in [1.29, 1.82) is 0 Å². The van der Waals surface area contributed by atoms with Crippen LogP contribution in [-0.2, 0) is 11.3 Å². The molecule has 9 heteroatoms. The summed E-state index contributed by atoms with van der Waals surface area (Å²) in [4.78, 5) is 12.0. The Kier molecular flexibility index (Phi) is 9.29. The molecule has 7 nitrogen and oxygen atoms in total. The number of piperidine rings is 1. The Morgan fingerprint density at radius 1 is 1.02 bits per heavy atom. The van der Waals surface area contributed by atoms with Crippen LogP contribution in [0.25, 0.3) is 0 Å². The number of rotatable bonds is 8. The second-order valence-electron chi connectivity index (χ2n) is 12.8. The van der Waals surface area contributed by atoms with Crippen molar-refractivity contribution >= 4 is 40.3 Å². The third-order valence-electron chi connectivity index (χ3n) is 9.41. The molecule has 3 aliphatic rings. The molecule has 3 fully saturated rings. The standard InChI is InChI=1S/C34H45ClN6OS/c1-23-18-24(2)22-39(21-23)31-10-9-27(20-29(31)35)41-33(32(37-34(41)43)30-8-5-6-11-36-30)28-19-25(3)40(26(28)4)13-7-12-38-14-16-42-17-15-38/h5-6,8-11,19-20,23-24,32-33H,7,12-18,21-22H2,1-4H3,(H,37,43)/t23-,24+,32-,33-/m1/s1. The molecule has 3 aliphatic heterocycles. The number of anilines is 2. The van der Waals surface area contributed by atoms with E-state index in [1.807, 2.05) is 18.3 Å². The second kappa shape index (κ2) is 13.1. The van der Waals surface area contributed by atoms with Gasteiger partial charge in [-0.15, -0.1) is 0 Å². The molecule has 5 heterocycles. The van der Waals surface area contributed by atoms with Gasteiger partial charge in [0, 0.05) is 62.5 Å². The maximum Gasteiger partial charge on any atom is 0.174 e. The zero-order valence-electron chi connectivity index (χ0n) is 25.9. The van der Waals surface area contributed by atoms with Crippen molar-refractivity contribution in [3.05, 3.63) is 76.3 Å². The van der Waals surface area contributed by atoms with Crippen molar-refractivity contribution in [1.82, 2.24) is 19.8 Å². The maximum atomic E-state index is 7.05. The lowest BCUT2D eigenvalue weighted by Gasteiger charge is -2.37. The first-order chi connectivity index (χ1) is 20.8. The monoisotopic (exact) mass is 620 g/mol. The smallest absolute Gasteiger partial charge is 0.174 e. The van der Waals surface area contributed by atoms with Gasteiger partial charge < -0.3 is 24.4 Å². The normalized spacial score (nSPS) is 24.9. The summed E-state index contributed by atoms with van der Waals surface area (Å²) >= 11 is 13.1. The zero-order valence-corrected chi connectivity index (χ0v) is 27.5. The summed E-state index contributed by atoms with van der Waals surface area (Å²) in [5, 5.41) is 5.10. The van der Waals surface area contributed by atoms with Crippen LogP contribution in [0.2, 0.25) is 5.02 Å². The van der Waals surface area contributed by atoms with Gasteiger partial charge in [-0.2, -0.15) is 0 Å². The predicted molar refractivity (Wildman–Crippen MR) is 180 cm³/mol. The van der Waals surface area contributed by atoms with Crippen LogP contribution < -0.4 is 15.1 Å². The van der Waals surface area contributed by atoms with E-state index < -0.39 is 0 Å². The minimum absolute atomic E-state index is 0.0569. The molecular weight excluding hydrogens is 576 g/mol. The SMILES string of the molecule is Cc1cc([C@@H]2[C@@H](c3ccccn3)NC(=S)N2c2ccc(N3C[C@H](C)C[C@H](C)C3)c(Cl)c2)c(C)n1CCCN1CCOCC1. The molecule has 0 bridgehead atoms. The first-order valence-corrected chi connectivity index (χ1v) is 16.6. The van der Waals surface area contributed by atoms with E-state index in [0.717, 1.165) is 81.0 Å². The van der Waals surface area contributed by atoms with E-state index >= 15 is 0 Å². The molecule has 0 radical (unpaired) electrons. The second-order valence-corrected chi connectivity index (χ2v) is 13.6. The van der Waals surface area contributed by atoms with E-state index in [0.29, 0.717) is 16.9 Å². The third kappa shape index (κ3) is 6.44. The topological polar surface area (TPSA) is 48.8 Å². The Bertz CT molecular complexity index is 1410. The highest BCUT2D eigenvalue weighted by Gasteiger charge is 2.42. The van der Waals surface area contributed by atoms with Gasteiger partial charge in [-0.05, 0) is 92.7 Å². The van der Waals surface area contributed by atoms with Crippen LogP contribution in [-0.4, -0.2) is 65.5 Å². The largest absolute Gasteiger partial charge is 0.379 e. The lowest BCUT2D eigenvalue weighted by atomic mass is 9.91. The third-order valence-corrected chi connectivity index (χ3v) is 10.0. The van der Waals surface area contributed by atoms with Gasteiger partial charge in [-0.1, -0.05) is 31.5 Å². The average Bonchev–Trinajstić information content (AvgIpc) is 3.48. The summed E-state index contributed by atoms with van der Waals surface area (Å²) < 4.78 is 8.01. The molecule has 0 aliphatic carbocycles. The maximum absolute atomic E-state index is 7.05. The first-order valence-electron chi connectivity index (χ1n) is 15.8. The summed E-state index contributed by atoms with van der Waals surface area (Å²) in [6.45, 7) is 17.0. The lowest BCUT2D eigenvalue weighted by Crippen LogP contribution is -2.38. The van der Waals surface area contributed by atoms with E-state index in [4.69, 9.17) is 33.5 Å². The van der Waals surface area contributed by atoms with Crippen LogP contribution in [0.5, 0.6) is 0 Å². The molecule has 6 rings (SSSR count). The highest BCUT2D eigenvalue weighted by Crippen LogP contribution is 2.45. The number of thiocarbonyl (C=S) groups is 1. The Labute approximate surface area is 267 Å². The fraction of sp³-hybridized carbons (Fsp3) is 0.529. The fourth-order valence-electron chi connectivity index (χ4n) is 7.46. The molecule has 230 valence electrons. The van der Waals surface area contributed by atoms with Gasteiger partial charge in [0.1, 0.15) is 0 Å². The van der Waals surface area contributed by atoms with Gasteiger partial charge in [0.25, 0.3) is 0 Å². The van der Waals surface area contributed by atoms with Crippen LogP contribution in [0, 0.1) is 25.7 Å². The van der Waals surface area contributed by atoms with Crippen LogP contribution >= 0.6 is 23.8 Å². The fourth-order valence-corrected chi connectivity index (χ4v) is 8.10. The molecule has 0 saturated carbocycles. The van der Waals surface area contributed by atoms with Crippen molar-refractivity contribution in [3.63, 3.8) is 0 Å². The lowest BCUT2D eigenvalue weighted by molar-refractivity contribution is 0.0369. The summed E-state index contributed by atoms with van der Waals surface area (Å²) in [6, 6.07) is 14.8. The van der Waals surface area contributed by atoms with Crippen molar-refractivity contribution in [2.24, 2.45) is 11.8 Å². The van der Waals surface area contributed by atoms with Crippen LogP contribution in [0.15, 0.2) is 48.7 Å². The van der Waals surface area contributed by atoms with Crippen molar-refractivity contribution in [2.45, 2.75) is 59.2 Å². The molecule has 0 spiro atoms. The van der Waals surface area contributed by atoms with Gasteiger partial charge in [-0.3, -0.25) is 9.88 Å². The van der Waals surface area contributed by atoms with E-state index in [9.17, 15) is 0 Å². The highest BCUT2D eigenvalue weighted by atomic mass is 35.5. The highest BCUT2D eigenvalue weighted by molar-refractivity contribution is 7.80. The Balaban J connectivity index is 1.31. The van der Waals surface area contributed by atoms with E-state index in [-0.39, 0.29) is 12.1 Å². The molecule has 1 N–H and O–H groups in total. The zero-order chi connectivity index (χ0) is 30.1. The van der Waals surface area contributed by atoms with Crippen LogP contribution in [0.3, 0.4) is 0 Å². The summed E-state index contributed by atoms with van der Waals surface area (Å²) in [5.41, 5.74) is 6.91. The number of aromatic nitrogens is 2. The van der Waals surface area contributed by atoms with Gasteiger partial charge >= 0.3 is 0 Å². The van der Waals surface area contributed by atoms with Gasteiger partial charge in [0.15, 0.2) is 5.11 Å². The molecule has 1 aromatic carbocycles. The average molecular weight is 621 g/mol. The summed E-state index contributed by atoms with van der Waals surface area (Å²) in [7, 11) is 0. The molecule has 0 unspecified atom stereocenters. The van der Waals surface area contributed by atoms with Crippen molar-refractivity contribution in [2.75, 3.05) is 55.7 Å². The number of pyridine rings is 1. The van der Waals surface area contributed by atoms with Gasteiger partial charge in [-0.25, -0.2) is 0 Å². The Morgan fingerprint density at radius 2 is 1.79 bits per heavy atom. The van der Waals surface area contributed by atoms with Crippen LogP contribution in [0.1, 0.15) is 61.4 Å². The number of nitrogens with zero attached hydrogens (tertiary/aromatic N) is 5. The van der Waals surface area contributed by atoms with E-state index in [1.165, 1.54) is 23.4 Å². The quantitative estimate of drug-likeness (QED) is 0.287. The Morgan fingerprint density at radius 3 is 2.49 bits per heavy atom. The number of nitrogens with one attached hydrogen (secondary N) is 1. The molecule has 2 aromatic heterocycles. The molecule has 4 atom stereocenters. The Hall–Kier alpha value is -2.65. The minimum atomic E-state index is -0.0850. The number of benzene rings is 1.